The minimum Gasteiger partial charge on any atom is -0.335 e. The molecule has 19 heavy (non-hydrogen) atoms. The van der Waals surface area contributed by atoms with Crippen LogP contribution in [0.3, 0.4) is 0 Å². The Labute approximate surface area is 112 Å². The number of nitrogens with zero attached hydrogens (tertiary/aromatic N) is 2. The van der Waals surface area contributed by atoms with Crippen molar-refractivity contribution in [2.75, 3.05) is 31.6 Å². The zero-order valence-corrected chi connectivity index (χ0v) is 11.0. The van der Waals surface area contributed by atoms with E-state index in [9.17, 15) is 9.59 Å². The van der Waals surface area contributed by atoms with Crippen molar-refractivity contribution >= 4 is 17.5 Å². The summed E-state index contributed by atoms with van der Waals surface area (Å²) in [5, 5.41) is 3.32. The normalized spacial score (nSPS) is 19.6. The quantitative estimate of drug-likeness (QED) is 0.780. The summed E-state index contributed by atoms with van der Waals surface area (Å²) in [6, 6.07) is 6.04. The fourth-order valence-corrected chi connectivity index (χ4v) is 2.59. The van der Waals surface area contributed by atoms with Gasteiger partial charge >= 0.3 is 0 Å². The molecule has 0 aliphatic carbocycles. The first-order valence-corrected chi connectivity index (χ1v) is 6.52. The third-order valence-corrected chi connectivity index (χ3v) is 3.78. The summed E-state index contributed by atoms with van der Waals surface area (Å²) >= 11 is 0. The van der Waals surface area contributed by atoms with Gasteiger partial charge in [0.25, 0.3) is 0 Å². The van der Waals surface area contributed by atoms with Crippen LogP contribution in [0.15, 0.2) is 18.2 Å². The molecular formula is C14H17N3O2. The highest BCUT2D eigenvalue weighted by molar-refractivity contribution is 6.04. The minimum absolute atomic E-state index is 0.0181. The molecule has 0 atom stereocenters. The van der Waals surface area contributed by atoms with Crippen molar-refractivity contribution in [3.63, 3.8) is 0 Å². The molecule has 0 spiro atoms. The Morgan fingerprint density at radius 2 is 1.95 bits per heavy atom. The number of anilines is 1. The Morgan fingerprint density at radius 3 is 2.79 bits per heavy atom. The number of piperazine rings is 1. The lowest BCUT2D eigenvalue weighted by molar-refractivity contribution is -0.136. The second-order valence-corrected chi connectivity index (χ2v) is 5.11. The minimum atomic E-state index is -0.0224. The summed E-state index contributed by atoms with van der Waals surface area (Å²) < 4.78 is 0. The lowest BCUT2D eigenvalue weighted by atomic mass is 10.00. The number of likely N-dealkylation sites (N-methyl/N-ethyl adjacent to an activating group) is 1. The molecule has 3 rings (SSSR count). The molecule has 1 aromatic carbocycles. The maximum absolute atomic E-state index is 12.0. The Hall–Kier alpha value is -1.88. The van der Waals surface area contributed by atoms with E-state index < -0.39 is 0 Å². The molecule has 1 saturated heterocycles. The van der Waals surface area contributed by atoms with Gasteiger partial charge in [0, 0.05) is 19.3 Å². The van der Waals surface area contributed by atoms with Gasteiger partial charge in [0.15, 0.2) is 0 Å². The van der Waals surface area contributed by atoms with Gasteiger partial charge in [-0.15, -0.1) is 0 Å². The zero-order valence-electron chi connectivity index (χ0n) is 11.0. The van der Waals surface area contributed by atoms with Crippen LogP contribution in [0, 0.1) is 0 Å². The number of carbonyl (C=O) groups is 2. The highest BCUT2D eigenvalue weighted by Crippen LogP contribution is 2.23. The van der Waals surface area contributed by atoms with Crippen LogP contribution in [0.1, 0.15) is 11.1 Å². The maximum atomic E-state index is 12.0. The van der Waals surface area contributed by atoms with Gasteiger partial charge in [-0.2, -0.15) is 0 Å². The lowest BCUT2D eigenvalue weighted by Crippen LogP contribution is -2.52. The first kappa shape index (κ1) is 12.2. The highest BCUT2D eigenvalue weighted by atomic mass is 16.2. The molecule has 0 saturated carbocycles. The molecule has 0 radical (unpaired) electrons. The van der Waals surface area contributed by atoms with E-state index in [-0.39, 0.29) is 24.9 Å². The summed E-state index contributed by atoms with van der Waals surface area (Å²) in [6.07, 6.45) is 1.02. The van der Waals surface area contributed by atoms with Crippen LogP contribution in [0.25, 0.3) is 0 Å². The van der Waals surface area contributed by atoms with Gasteiger partial charge < -0.3 is 15.1 Å². The van der Waals surface area contributed by atoms with Crippen molar-refractivity contribution in [1.82, 2.24) is 10.2 Å². The summed E-state index contributed by atoms with van der Waals surface area (Å²) in [5.74, 6) is -0.0405. The van der Waals surface area contributed by atoms with Crippen molar-refractivity contribution in [2.24, 2.45) is 0 Å². The van der Waals surface area contributed by atoms with Gasteiger partial charge in [0.2, 0.25) is 11.8 Å². The summed E-state index contributed by atoms with van der Waals surface area (Å²) in [7, 11) is 1.66. The van der Waals surface area contributed by atoms with Crippen LogP contribution in [-0.2, 0) is 22.6 Å². The molecule has 0 bridgehead atoms. The van der Waals surface area contributed by atoms with Crippen molar-refractivity contribution < 1.29 is 9.59 Å². The molecule has 1 N–H and O–H groups in total. The number of carbonyl (C=O) groups excluding carboxylic acids is 2. The third-order valence-electron chi connectivity index (χ3n) is 3.78. The molecule has 5 heteroatoms. The number of amides is 2. The fourth-order valence-electron chi connectivity index (χ4n) is 2.59. The number of hydrogen-bond acceptors (Lipinski definition) is 3. The van der Waals surface area contributed by atoms with Gasteiger partial charge in [-0.25, -0.2) is 0 Å². The van der Waals surface area contributed by atoms with E-state index in [4.69, 9.17) is 0 Å². The number of benzene rings is 1. The first-order chi connectivity index (χ1) is 9.15. The Balaban J connectivity index is 1.89. The average Bonchev–Trinajstić information content (AvgIpc) is 2.42. The van der Waals surface area contributed by atoms with E-state index in [0.29, 0.717) is 0 Å². The molecule has 0 aromatic heterocycles. The van der Waals surface area contributed by atoms with Crippen molar-refractivity contribution in [3.05, 3.63) is 29.3 Å². The van der Waals surface area contributed by atoms with Gasteiger partial charge in [-0.05, 0) is 36.2 Å². The Morgan fingerprint density at radius 1 is 1.11 bits per heavy atom. The molecule has 2 amide bonds. The van der Waals surface area contributed by atoms with Crippen LogP contribution in [0.5, 0.6) is 0 Å². The van der Waals surface area contributed by atoms with E-state index in [1.165, 1.54) is 16.0 Å². The monoisotopic (exact) mass is 259 g/mol. The van der Waals surface area contributed by atoms with E-state index >= 15 is 0 Å². The van der Waals surface area contributed by atoms with Crippen molar-refractivity contribution in [3.8, 4) is 0 Å². The molecular weight excluding hydrogens is 242 g/mol. The second kappa shape index (κ2) is 4.66. The largest absolute Gasteiger partial charge is 0.335 e. The second-order valence-electron chi connectivity index (χ2n) is 5.11. The van der Waals surface area contributed by atoms with Crippen LogP contribution in [0.4, 0.5) is 5.69 Å². The molecule has 100 valence electrons. The molecule has 1 aromatic rings. The molecule has 2 aliphatic rings. The van der Waals surface area contributed by atoms with Gasteiger partial charge in [-0.1, -0.05) is 6.07 Å². The van der Waals surface area contributed by atoms with Crippen LogP contribution in [0.2, 0.25) is 0 Å². The van der Waals surface area contributed by atoms with Crippen LogP contribution >= 0.6 is 0 Å². The van der Waals surface area contributed by atoms with E-state index in [1.54, 1.807) is 11.9 Å². The Kier molecular flexibility index (Phi) is 2.98. The average molecular weight is 259 g/mol. The smallest absolute Gasteiger partial charge is 0.247 e. The van der Waals surface area contributed by atoms with Crippen LogP contribution < -0.4 is 10.2 Å². The molecule has 5 nitrogen and oxygen atoms in total. The third kappa shape index (κ3) is 2.21. The predicted molar refractivity (Wildman–Crippen MR) is 71.8 cm³/mol. The molecule has 2 aliphatic heterocycles. The number of hydrogen-bond donors (Lipinski definition) is 1. The maximum Gasteiger partial charge on any atom is 0.247 e. The van der Waals surface area contributed by atoms with E-state index in [1.807, 2.05) is 12.1 Å². The Bertz CT molecular complexity index is 541. The summed E-state index contributed by atoms with van der Waals surface area (Å²) in [6.45, 7) is 2.13. The van der Waals surface area contributed by atoms with Crippen molar-refractivity contribution in [1.29, 1.82) is 0 Å². The predicted octanol–water partition coefficient (Wildman–Crippen LogP) is 0.137. The van der Waals surface area contributed by atoms with Gasteiger partial charge in [0.1, 0.15) is 6.54 Å². The standard InChI is InChI=1S/C14H17N3O2/c1-16-8-14(19)17(9-13(16)18)12-3-2-10-4-5-15-7-11(10)6-12/h2-3,6,15H,4-5,7-9H2,1H3. The molecule has 2 heterocycles. The highest BCUT2D eigenvalue weighted by Gasteiger charge is 2.28. The fraction of sp³-hybridized carbons (Fsp3) is 0.429. The first-order valence-electron chi connectivity index (χ1n) is 6.52. The SMILES string of the molecule is CN1CC(=O)N(c2ccc3c(c2)CNCC3)CC1=O. The van der Waals surface area contributed by atoms with Crippen LogP contribution in [-0.4, -0.2) is 43.4 Å². The van der Waals surface area contributed by atoms with Gasteiger partial charge in [-0.3, -0.25) is 9.59 Å². The zero-order chi connectivity index (χ0) is 13.4. The molecule has 0 unspecified atom stereocenters. The number of rotatable bonds is 1. The van der Waals surface area contributed by atoms with E-state index in [2.05, 4.69) is 11.4 Å². The molecule has 1 fully saturated rings. The van der Waals surface area contributed by atoms with E-state index in [0.717, 1.165) is 25.2 Å². The number of nitrogens with one attached hydrogen (secondary N) is 1. The topological polar surface area (TPSA) is 52.7 Å². The summed E-state index contributed by atoms with van der Waals surface area (Å²) in [5.41, 5.74) is 3.38. The van der Waals surface area contributed by atoms with Gasteiger partial charge in [0.05, 0.1) is 6.54 Å². The summed E-state index contributed by atoms with van der Waals surface area (Å²) in [4.78, 5) is 26.8. The lowest BCUT2D eigenvalue weighted by Gasteiger charge is -2.32. The number of fused-ring (bicyclic) bond motifs is 1. The van der Waals surface area contributed by atoms with Crippen molar-refractivity contribution in [2.45, 2.75) is 13.0 Å².